The van der Waals surface area contributed by atoms with Crippen molar-refractivity contribution in [2.75, 3.05) is 6.61 Å². The molecule has 0 N–H and O–H groups in total. The Morgan fingerprint density at radius 3 is 2.22 bits per heavy atom. The number of fused-ring (bicyclic) bond motifs is 1. The van der Waals surface area contributed by atoms with Crippen molar-refractivity contribution in [2.24, 2.45) is 5.92 Å². The van der Waals surface area contributed by atoms with Crippen LogP contribution in [0.5, 0.6) is 0 Å². The molecule has 0 aliphatic heterocycles. The molecule has 0 aromatic heterocycles. The van der Waals surface area contributed by atoms with E-state index in [9.17, 15) is 0 Å². The molecule has 27 heavy (non-hydrogen) atoms. The van der Waals surface area contributed by atoms with Gasteiger partial charge in [-0.1, -0.05) is 83.1 Å². The molecule has 0 amide bonds. The van der Waals surface area contributed by atoms with E-state index in [1.165, 1.54) is 30.4 Å². The molecule has 2 aliphatic carbocycles. The van der Waals surface area contributed by atoms with Crippen LogP contribution in [0.3, 0.4) is 0 Å². The van der Waals surface area contributed by atoms with Crippen molar-refractivity contribution in [3.63, 3.8) is 0 Å². The highest BCUT2D eigenvalue weighted by Gasteiger charge is 2.51. The van der Waals surface area contributed by atoms with E-state index in [0.29, 0.717) is 11.3 Å². The lowest BCUT2D eigenvalue weighted by molar-refractivity contribution is 0.106. The largest absolute Gasteiger partial charge is 0.376 e. The molecule has 2 aliphatic rings. The zero-order valence-electron chi connectivity index (χ0n) is 17.6. The Hall–Kier alpha value is -1.60. The van der Waals surface area contributed by atoms with Gasteiger partial charge in [-0.3, -0.25) is 0 Å². The van der Waals surface area contributed by atoms with Crippen molar-refractivity contribution in [3.05, 3.63) is 70.8 Å². The third-order valence-corrected chi connectivity index (χ3v) is 7.35. The molecule has 0 heterocycles. The van der Waals surface area contributed by atoms with Gasteiger partial charge < -0.3 is 4.74 Å². The Balaban J connectivity index is 1.48. The summed E-state index contributed by atoms with van der Waals surface area (Å²) in [5.41, 5.74) is 6.77. The van der Waals surface area contributed by atoms with Gasteiger partial charge in [0.15, 0.2) is 0 Å². The highest BCUT2D eigenvalue weighted by atomic mass is 16.5. The van der Waals surface area contributed by atoms with Gasteiger partial charge in [0.05, 0.1) is 13.2 Å². The fourth-order valence-electron chi connectivity index (χ4n) is 4.89. The molecule has 1 fully saturated rings. The lowest BCUT2D eigenvalue weighted by Gasteiger charge is -2.42. The molecule has 0 bridgehead atoms. The Kier molecular flexibility index (Phi) is 4.50. The van der Waals surface area contributed by atoms with Crippen LogP contribution in [0.25, 0.3) is 0 Å². The molecule has 2 aromatic rings. The van der Waals surface area contributed by atoms with Gasteiger partial charge in [-0.25, -0.2) is 0 Å². The molecule has 0 radical (unpaired) electrons. The summed E-state index contributed by atoms with van der Waals surface area (Å²) in [6.07, 6.45) is 3.79. The van der Waals surface area contributed by atoms with Crippen molar-refractivity contribution >= 4 is 0 Å². The first kappa shape index (κ1) is 18.7. The Labute approximate surface area is 165 Å². The molecule has 144 valence electrons. The van der Waals surface area contributed by atoms with Gasteiger partial charge in [-0.2, -0.15) is 0 Å². The van der Waals surface area contributed by atoms with E-state index in [0.717, 1.165) is 13.2 Å². The van der Waals surface area contributed by atoms with Crippen LogP contribution in [0.15, 0.2) is 48.5 Å². The van der Waals surface area contributed by atoms with E-state index in [-0.39, 0.29) is 10.8 Å². The summed E-state index contributed by atoms with van der Waals surface area (Å²) in [7, 11) is 0. The summed E-state index contributed by atoms with van der Waals surface area (Å²) < 4.78 is 6.05. The normalized spacial score (nSPS) is 27.8. The molecular formula is C26H34O. The minimum atomic E-state index is 0.281. The van der Waals surface area contributed by atoms with Gasteiger partial charge in [0.1, 0.15) is 0 Å². The zero-order chi connectivity index (χ0) is 19.3. The van der Waals surface area contributed by atoms with Crippen LogP contribution < -0.4 is 0 Å². The lowest BCUT2D eigenvalue weighted by Crippen LogP contribution is -2.34. The fourth-order valence-corrected chi connectivity index (χ4v) is 4.89. The van der Waals surface area contributed by atoms with Crippen LogP contribution in [0.2, 0.25) is 0 Å². The highest BCUT2D eigenvalue weighted by Crippen LogP contribution is 2.56. The van der Waals surface area contributed by atoms with E-state index < -0.39 is 0 Å². The summed E-state index contributed by atoms with van der Waals surface area (Å²) in [5.74, 6) is 0.638. The predicted molar refractivity (Wildman–Crippen MR) is 113 cm³/mol. The lowest BCUT2D eigenvalue weighted by atomic mass is 9.62. The van der Waals surface area contributed by atoms with Crippen molar-refractivity contribution in [1.82, 2.24) is 0 Å². The standard InChI is InChI=1S/C26H34O/c1-24(2)13-14-25(3,4)23-15-20(11-12-22(23)24)26(5)16-21(26)18-27-17-19-9-7-6-8-10-19/h6-12,15,21H,13-14,16-18H2,1-5H3/t21-,26+/m0/s1. The molecule has 1 heteroatoms. The first-order valence-electron chi connectivity index (χ1n) is 10.5. The van der Waals surface area contributed by atoms with Crippen LogP contribution in [0.1, 0.15) is 76.1 Å². The molecular weight excluding hydrogens is 328 g/mol. The average molecular weight is 363 g/mol. The van der Waals surface area contributed by atoms with Gasteiger partial charge in [0.2, 0.25) is 0 Å². The third-order valence-electron chi connectivity index (χ3n) is 7.35. The van der Waals surface area contributed by atoms with Crippen molar-refractivity contribution in [3.8, 4) is 0 Å². The van der Waals surface area contributed by atoms with E-state index in [2.05, 4.69) is 83.1 Å². The van der Waals surface area contributed by atoms with E-state index >= 15 is 0 Å². The summed E-state index contributed by atoms with van der Waals surface area (Å²) in [5, 5.41) is 0. The predicted octanol–water partition coefficient (Wildman–Crippen LogP) is 6.53. The molecule has 0 spiro atoms. The molecule has 0 unspecified atom stereocenters. The number of ether oxygens (including phenoxy) is 1. The first-order chi connectivity index (χ1) is 12.7. The monoisotopic (exact) mass is 362 g/mol. The number of rotatable bonds is 5. The fraction of sp³-hybridized carbons (Fsp3) is 0.538. The van der Waals surface area contributed by atoms with Gasteiger partial charge in [-0.05, 0) is 63.7 Å². The smallest absolute Gasteiger partial charge is 0.0717 e. The van der Waals surface area contributed by atoms with Crippen molar-refractivity contribution < 1.29 is 4.74 Å². The van der Waals surface area contributed by atoms with E-state index in [1.54, 1.807) is 11.1 Å². The minimum Gasteiger partial charge on any atom is -0.376 e. The van der Waals surface area contributed by atoms with Gasteiger partial charge >= 0.3 is 0 Å². The first-order valence-corrected chi connectivity index (χ1v) is 10.5. The Morgan fingerprint density at radius 2 is 1.52 bits per heavy atom. The molecule has 4 rings (SSSR count). The maximum Gasteiger partial charge on any atom is 0.0717 e. The SMILES string of the molecule is CC1(C)CCC(C)(C)c2cc([C@@]3(C)C[C@H]3COCc3ccccc3)ccc21. The molecule has 2 aromatic carbocycles. The third kappa shape index (κ3) is 3.47. The number of benzene rings is 2. The van der Waals surface area contributed by atoms with Gasteiger partial charge in [0.25, 0.3) is 0 Å². The topological polar surface area (TPSA) is 9.23 Å². The number of hydrogen-bond acceptors (Lipinski definition) is 1. The maximum atomic E-state index is 6.05. The highest BCUT2D eigenvalue weighted by molar-refractivity contribution is 5.47. The van der Waals surface area contributed by atoms with E-state index in [4.69, 9.17) is 4.74 Å². The van der Waals surface area contributed by atoms with E-state index in [1.807, 2.05) is 0 Å². The van der Waals surface area contributed by atoms with Crippen LogP contribution in [-0.4, -0.2) is 6.61 Å². The second-order valence-corrected chi connectivity index (χ2v) is 10.3. The van der Waals surface area contributed by atoms with Crippen LogP contribution in [0.4, 0.5) is 0 Å². The van der Waals surface area contributed by atoms with Gasteiger partial charge in [-0.15, -0.1) is 0 Å². The Bertz CT molecular complexity index is 817. The summed E-state index contributed by atoms with van der Waals surface area (Å²) in [6, 6.07) is 17.9. The van der Waals surface area contributed by atoms with Crippen LogP contribution in [0, 0.1) is 5.92 Å². The second kappa shape index (κ2) is 6.48. The Morgan fingerprint density at radius 1 is 0.852 bits per heavy atom. The maximum absolute atomic E-state index is 6.05. The molecule has 2 atom stereocenters. The van der Waals surface area contributed by atoms with Crippen LogP contribution in [-0.2, 0) is 27.6 Å². The summed E-state index contributed by atoms with van der Waals surface area (Å²) in [6.45, 7) is 13.6. The van der Waals surface area contributed by atoms with Crippen LogP contribution >= 0.6 is 0 Å². The van der Waals surface area contributed by atoms with Crippen molar-refractivity contribution in [2.45, 2.75) is 76.7 Å². The molecule has 1 saturated carbocycles. The molecule has 0 saturated heterocycles. The average Bonchev–Trinajstić information content (AvgIpc) is 3.31. The summed E-state index contributed by atoms with van der Waals surface area (Å²) >= 11 is 0. The molecule has 1 nitrogen and oxygen atoms in total. The van der Waals surface area contributed by atoms with Gasteiger partial charge in [0, 0.05) is 0 Å². The van der Waals surface area contributed by atoms with Crippen molar-refractivity contribution in [1.29, 1.82) is 0 Å². The quantitative estimate of drug-likeness (QED) is 0.587. The summed E-state index contributed by atoms with van der Waals surface area (Å²) in [4.78, 5) is 0. The second-order valence-electron chi connectivity index (χ2n) is 10.3. The zero-order valence-corrected chi connectivity index (χ0v) is 17.6. The number of hydrogen-bond donors (Lipinski definition) is 0. The minimum absolute atomic E-state index is 0.281.